The molecule has 2 N–H and O–H groups in total. The van der Waals surface area contributed by atoms with Gasteiger partial charge in [0.25, 0.3) is 0 Å². The van der Waals surface area contributed by atoms with Gasteiger partial charge in [-0.2, -0.15) is 5.10 Å². The first-order valence-electron chi connectivity index (χ1n) is 6.58. The lowest BCUT2D eigenvalue weighted by Gasteiger charge is -2.10. The van der Waals surface area contributed by atoms with Crippen LogP contribution < -0.4 is 5.32 Å². The molecule has 0 radical (unpaired) electrons. The Balaban J connectivity index is 1.67. The third-order valence-electron chi connectivity index (χ3n) is 3.57. The number of nitrogens with one attached hydrogen (secondary N) is 2. The molecule has 104 valence electrons. The van der Waals surface area contributed by atoms with Crippen LogP contribution in [0.3, 0.4) is 0 Å². The molecule has 6 heteroatoms. The molecular formula is C13H20N4O2. The molecule has 0 aliphatic carbocycles. The third-order valence-corrected chi connectivity index (χ3v) is 3.57. The molecule has 0 aromatic carbocycles. The molecule has 0 bridgehead atoms. The van der Waals surface area contributed by atoms with E-state index in [1.807, 2.05) is 13.1 Å². The third kappa shape index (κ3) is 3.33. The van der Waals surface area contributed by atoms with E-state index in [1.54, 1.807) is 11.9 Å². The molecule has 1 aliphatic heterocycles. The number of H-pyrrole nitrogens is 1. The summed E-state index contributed by atoms with van der Waals surface area (Å²) in [5.41, 5.74) is 2.26. The van der Waals surface area contributed by atoms with Crippen LogP contribution in [0.4, 0.5) is 0 Å². The standard InChI is InChI=1S/C13H20N4O2/c1-9-10(7-15-16-9)4-3-5-14-13(19)11-6-12(18)17(2)8-11/h7,11H,3-6,8H2,1-2H3,(H,14,19)(H,15,16). The molecule has 1 unspecified atom stereocenters. The van der Waals surface area contributed by atoms with Crippen molar-refractivity contribution < 1.29 is 9.59 Å². The Hall–Kier alpha value is -1.85. The molecule has 1 aromatic rings. The zero-order valence-electron chi connectivity index (χ0n) is 11.4. The summed E-state index contributed by atoms with van der Waals surface area (Å²) in [4.78, 5) is 24.8. The normalized spacial score (nSPS) is 18.9. The summed E-state index contributed by atoms with van der Waals surface area (Å²) in [6, 6.07) is 0. The van der Waals surface area contributed by atoms with Crippen LogP contribution in [-0.4, -0.2) is 47.0 Å². The van der Waals surface area contributed by atoms with Gasteiger partial charge in [0.15, 0.2) is 0 Å². The van der Waals surface area contributed by atoms with Crippen LogP contribution in [0.25, 0.3) is 0 Å². The topological polar surface area (TPSA) is 78.1 Å². The molecule has 2 rings (SSSR count). The van der Waals surface area contributed by atoms with Gasteiger partial charge in [-0.3, -0.25) is 14.7 Å². The zero-order valence-corrected chi connectivity index (χ0v) is 11.4. The van der Waals surface area contributed by atoms with E-state index in [2.05, 4.69) is 15.5 Å². The SMILES string of the molecule is Cc1[nH]ncc1CCCNC(=O)C1CC(=O)N(C)C1. The first kappa shape index (κ1) is 13.6. The summed E-state index contributed by atoms with van der Waals surface area (Å²) in [6.07, 6.45) is 3.93. The largest absolute Gasteiger partial charge is 0.356 e. The van der Waals surface area contributed by atoms with E-state index in [9.17, 15) is 9.59 Å². The fourth-order valence-corrected chi connectivity index (χ4v) is 2.30. The van der Waals surface area contributed by atoms with Gasteiger partial charge in [-0.15, -0.1) is 0 Å². The van der Waals surface area contributed by atoms with Gasteiger partial charge >= 0.3 is 0 Å². The molecule has 1 aromatic heterocycles. The van der Waals surface area contributed by atoms with E-state index in [1.165, 1.54) is 5.56 Å². The van der Waals surface area contributed by atoms with E-state index in [0.717, 1.165) is 18.5 Å². The van der Waals surface area contributed by atoms with Gasteiger partial charge in [-0.1, -0.05) is 0 Å². The van der Waals surface area contributed by atoms with Crippen molar-refractivity contribution in [1.82, 2.24) is 20.4 Å². The van der Waals surface area contributed by atoms with E-state index in [-0.39, 0.29) is 17.7 Å². The molecule has 6 nitrogen and oxygen atoms in total. The van der Waals surface area contributed by atoms with Gasteiger partial charge < -0.3 is 10.2 Å². The number of carbonyl (C=O) groups is 2. The number of carbonyl (C=O) groups excluding carboxylic acids is 2. The molecule has 1 saturated heterocycles. The molecule has 2 heterocycles. The first-order chi connectivity index (χ1) is 9.08. The first-order valence-corrected chi connectivity index (χ1v) is 6.58. The van der Waals surface area contributed by atoms with E-state index in [4.69, 9.17) is 0 Å². The summed E-state index contributed by atoms with van der Waals surface area (Å²) in [5.74, 6) is -0.149. The van der Waals surface area contributed by atoms with Gasteiger partial charge in [0, 0.05) is 32.3 Å². The number of aryl methyl sites for hydroxylation is 2. The Labute approximate surface area is 112 Å². The van der Waals surface area contributed by atoms with E-state index >= 15 is 0 Å². The van der Waals surface area contributed by atoms with Crippen molar-refractivity contribution in [2.45, 2.75) is 26.2 Å². The summed E-state index contributed by atoms with van der Waals surface area (Å²) in [6.45, 7) is 3.16. The lowest BCUT2D eigenvalue weighted by Crippen LogP contribution is -2.33. The summed E-state index contributed by atoms with van der Waals surface area (Å²) < 4.78 is 0. The van der Waals surface area contributed by atoms with E-state index < -0.39 is 0 Å². The minimum atomic E-state index is -0.187. The van der Waals surface area contributed by atoms with Crippen LogP contribution in [0.5, 0.6) is 0 Å². The molecule has 1 aliphatic rings. The minimum absolute atomic E-state index is 0.0124. The zero-order chi connectivity index (χ0) is 13.8. The van der Waals surface area contributed by atoms with Crippen molar-refractivity contribution >= 4 is 11.8 Å². The highest BCUT2D eigenvalue weighted by Gasteiger charge is 2.31. The number of aromatic amines is 1. The Bertz CT molecular complexity index is 469. The maximum absolute atomic E-state index is 11.9. The minimum Gasteiger partial charge on any atom is -0.356 e. The molecular weight excluding hydrogens is 244 g/mol. The van der Waals surface area contributed by atoms with Crippen molar-refractivity contribution in [3.05, 3.63) is 17.5 Å². The molecule has 1 fully saturated rings. The van der Waals surface area contributed by atoms with Gasteiger partial charge in [0.2, 0.25) is 11.8 Å². The Morgan fingerprint density at radius 3 is 3.00 bits per heavy atom. The van der Waals surface area contributed by atoms with Crippen LogP contribution in [0.1, 0.15) is 24.1 Å². The fraction of sp³-hybridized carbons (Fsp3) is 0.615. The van der Waals surface area contributed by atoms with E-state index in [0.29, 0.717) is 19.5 Å². The highest BCUT2D eigenvalue weighted by atomic mass is 16.2. The summed E-state index contributed by atoms with van der Waals surface area (Å²) in [5, 5.41) is 9.75. The second-order valence-electron chi connectivity index (χ2n) is 5.09. The molecule has 0 spiro atoms. The fourth-order valence-electron chi connectivity index (χ4n) is 2.30. The van der Waals surface area contributed by atoms with Crippen LogP contribution in [0, 0.1) is 12.8 Å². The number of aromatic nitrogens is 2. The van der Waals surface area contributed by atoms with Crippen molar-refractivity contribution in [2.24, 2.45) is 5.92 Å². The Morgan fingerprint density at radius 1 is 1.63 bits per heavy atom. The Morgan fingerprint density at radius 2 is 2.42 bits per heavy atom. The maximum atomic E-state index is 11.9. The van der Waals surface area contributed by atoms with Crippen molar-refractivity contribution in [3.63, 3.8) is 0 Å². The van der Waals surface area contributed by atoms with Crippen molar-refractivity contribution in [1.29, 1.82) is 0 Å². The highest BCUT2D eigenvalue weighted by molar-refractivity contribution is 5.89. The van der Waals surface area contributed by atoms with Crippen LogP contribution in [0.15, 0.2) is 6.20 Å². The molecule has 2 amide bonds. The average molecular weight is 264 g/mol. The van der Waals surface area contributed by atoms with Crippen molar-refractivity contribution in [3.8, 4) is 0 Å². The van der Waals surface area contributed by atoms with Crippen molar-refractivity contribution in [2.75, 3.05) is 20.1 Å². The highest BCUT2D eigenvalue weighted by Crippen LogP contribution is 2.15. The summed E-state index contributed by atoms with van der Waals surface area (Å²) in [7, 11) is 1.73. The van der Waals surface area contributed by atoms with Crippen LogP contribution in [-0.2, 0) is 16.0 Å². The average Bonchev–Trinajstić information content (AvgIpc) is 2.92. The number of hydrogen-bond acceptors (Lipinski definition) is 3. The quantitative estimate of drug-likeness (QED) is 0.748. The monoisotopic (exact) mass is 264 g/mol. The van der Waals surface area contributed by atoms with Gasteiger partial charge in [-0.05, 0) is 25.3 Å². The lowest BCUT2D eigenvalue weighted by molar-refractivity contribution is -0.128. The Kier molecular flexibility index (Phi) is 4.19. The predicted molar refractivity (Wildman–Crippen MR) is 70.4 cm³/mol. The van der Waals surface area contributed by atoms with Gasteiger partial charge in [0.05, 0.1) is 12.1 Å². The smallest absolute Gasteiger partial charge is 0.225 e. The number of rotatable bonds is 5. The van der Waals surface area contributed by atoms with Crippen LogP contribution in [0.2, 0.25) is 0 Å². The molecule has 19 heavy (non-hydrogen) atoms. The molecule has 0 saturated carbocycles. The lowest BCUT2D eigenvalue weighted by atomic mass is 10.1. The number of likely N-dealkylation sites (tertiary alicyclic amines) is 1. The van der Waals surface area contributed by atoms with Gasteiger partial charge in [0.1, 0.15) is 0 Å². The summed E-state index contributed by atoms with van der Waals surface area (Å²) >= 11 is 0. The number of nitrogens with zero attached hydrogens (tertiary/aromatic N) is 2. The number of amides is 2. The second-order valence-corrected chi connectivity index (χ2v) is 5.09. The second kappa shape index (κ2) is 5.86. The van der Waals surface area contributed by atoms with Crippen LogP contribution >= 0.6 is 0 Å². The number of hydrogen-bond donors (Lipinski definition) is 2. The maximum Gasteiger partial charge on any atom is 0.225 e. The van der Waals surface area contributed by atoms with Gasteiger partial charge in [-0.25, -0.2) is 0 Å². The predicted octanol–water partition coefficient (Wildman–Crippen LogP) is 0.245. The molecule has 1 atom stereocenters.